The molecule has 138 valence electrons. The molecular formula is C19H18F3NO3. The molecule has 2 aromatic carbocycles. The van der Waals surface area contributed by atoms with Crippen LogP contribution in [0.25, 0.3) is 11.1 Å². The molecule has 2 N–H and O–H groups in total. The third-order valence-corrected chi connectivity index (χ3v) is 4.52. The number of aliphatic hydroxyl groups is 1. The molecule has 0 fully saturated rings. The van der Waals surface area contributed by atoms with E-state index in [0.717, 1.165) is 22.3 Å². The number of fused-ring (bicyclic) bond motifs is 3. The van der Waals surface area contributed by atoms with Gasteiger partial charge in [0, 0.05) is 12.5 Å². The normalized spacial score (nSPS) is 14.5. The van der Waals surface area contributed by atoms with Gasteiger partial charge in [-0.25, -0.2) is 4.79 Å². The number of ether oxygens (including phenoxy) is 1. The number of rotatable bonds is 5. The molecule has 1 aliphatic rings. The van der Waals surface area contributed by atoms with E-state index < -0.39 is 31.3 Å². The van der Waals surface area contributed by atoms with E-state index in [4.69, 9.17) is 9.84 Å². The second-order valence-corrected chi connectivity index (χ2v) is 6.13. The standard InChI is InChI=1S/C19H18F3NO3/c20-19(21,22)12(10-24)9-23-18(25)26-11-17-15-7-3-1-5-13(15)14-6-2-4-8-16(14)17/h1-8,12,17,24H,9-11H2,(H,23,25). The van der Waals surface area contributed by atoms with Crippen molar-refractivity contribution in [2.75, 3.05) is 19.8 Å². The number of hydrogen-bond donors (Lipinski definition) is 2. The first-order valence-corrected chi connectivity index (χ1v) is 8.18. The van der Waals surface area contributed by atoms with Crippen molar-refractivity contribution in [1.82, 2.24) is 5.32 Å². The lowest BCUT2D eigenvalue weighted by Gasteiger charge is -2.19. The van der Waals surface area contributed by atoms with Gasteiger partial charge in [-0.2, -0.15) is 13.2 Å². The Morgan fingerprint density at radius 3 is 2.12 bits per heavy atom. The number of alkyl carbamates (subject to hydrolysis) is 1. The third kappa shape index (κ3) is 3.67. The third-order valence-electron chi connectivity index (χ3n) is 4.52. The summed E-state index contributed by atoms with van der Waals surface area (Å²) in [6.07, 6.45) is -5.51. The monoisotopic (exact) mass is 365 g/mol. The second-order valence-electron chi connectivity index (χ2n) is 6.13. The van der Waals surface area contributed by atoms with Crippen LogP contribution >= 0.6 is 0 Å². The van der Waals surface area contributed by atoms with E-state index in [1.807, 2.05) is 48.5 Å². The molecule has 1 unspecified atom stereocenters. The van der Waals surface area contributed by atoms with Crippen molar-refractivity contribution in [1.29, 1.82) is 0 Å². The molecule has 0 heterocycles. The summed E-state index contributed by atoms with van der Waals surface area (Å²) in [4.78, 5) is 11.8. The minimum Gasteiger partial charge on any atom is -0.449 e. The number of nitrogens with one attached hydrogen (secondary N) is 1. The number of alkyl halides is 3. The fourth-order valence-electron chi connectivity index (χ4n) is 3.14. The first-order valence-electron chi connectivity index (χ1n) is 8.18. The summed E-state index contributed by atoms with van der Waals surface area (Å²) in [7, 11) is 0. The Morgan fingerprint density at radius 2 is 1.62 bits per heavy atom. The van der Waals surface area contributed by atoms with Crippen LogP contribution in [0, 0.1) is 5.92 Å². The van der Waals surface area contributed by atoms with Crippen molar-refractivity contribution in [3.8, 4) is 11.1 Å². The fraction of sp³-hybridized carbons (Fsp3) is 0.316. The minimum atomic E-state index is -4.58. The summed E-state index contributed by atoms with van der Waals surface area (Å²) in [5.41, 5.74) is 4.17. The number of carbonyl (C=O) groups is 1. The highest BCUT2D eigenvalue weighted by molar-refractivity contribution is 5.79. The number of carbonyl (C=O) groups excluding carboxylic acids is 1. The Hall–Kier alpha value is -2.54. The number of halogens is 3. The minimum absolute atomic E-state index is 0.0235. The van der Waals surface area contributed by atoms with Crippen molar-refractivity contribution in [2.24, 2.45) is 5.92 Å². The summed E-state index contributed by atoms with van der Waals surface area (Å²) < 4.78 is 42.9. The zero-order valence-electron chi connectivity index (χ0n) is 13.8. The van der Waals surface area contributed by atoms with Crippen LogP contribution in [0.2, 0.25) is 0 Å². The lowest BCUT2D eigenvalue weighted by atomic mass is 9.98. The predicted octanol–water partition coefficient (Wildman–Crippen LogP) is 3.70. The summed E-state index contributed by atoms with van der Waals surface area (Å²) >= 11 is 0. The molecule has 0 saturated heterocycles. The van der Waals surface area contributed by atoms with Gasteiger partial charge in [-0.3, -0.25) is 0 Å². The first kappa shape index (κ1) is 18.3. The van der Waals surface area contributed by atoms with Gasteiger partial charge in [0.2, 0.25) is 0 Å². The lowest BCUT2D eigenvalue weighted by molar-refractivity contribution is -0.181. The van der Waals surface area contributed by atoms with Crippen molar-refractivity contribution in [3.63, 3.8) is 0 Å². The predicted molar refractivity (Wildman–Crippen MR) is 89.7 cm³/mol. The second kappa shape index (κ2) is 7.37. The Balaban J connectivity index is 1.64. The molecular weight excluding hydrogens is 347 g/mol. The molecule has 26 heavy (non-hydrogen) atoms. The molecule has 1 atom stereocenters. The number of amides is 1. The van der Waals surface area contributed by atoms with Crippen molar-refractivity contribution in [3.05, 3.63) is 59.7 Å². The van der Waals surface area contributed by atoms with Crippen LogP contribution in [0.4, 0.5) is 18.0 Å². The van der Waals surface area contributed by atoms with Crippen LogP contribution in [-0.4, -0.2) is 37.1 Å². The summed E-state index contributed by atoms with van der Waals surface area (Å²) in [5, 5.41) is 10.9. The van der Waals surface area contributed by atoms with Crippen molar-refractivity contribution in [2.45, 2.75) is 12.1 Å². The Kier molecular flexibility index (Phi) is 5.18. The van der Waals surface area contributed by atoms with Crippen LogP contribution in [0.1, 0.15) is 17.0 Å². The van der Waals surface area contributed by atoms with Crippen molar-refractivity contribution < 1.29 is 27.8 Å². The quantitative estimate of drug-likeness (QED) is 0.850. The summed E-state index contributed by atoms with van der Waals surface area (Å²) in [6.45, 7) is -1.79. The maximum absolute atomic E-state index is 12.6. The molecule has 7 heteroatoms. The Bertz CT molecular complexity index is 746. The molecule has 1 aliphatic carbocycles. The number of hydrogen-bond acceptors (Lipinski definition) is 3. The van der Waals surface area contributed by atoms with E-state index in [9.17, 15) is 18.0 Å². The molecule has 0 aliphatic heterocycles. The van der Waals surface area contributed by atoms with Crippen LogP contribution in [-0.2, 0) is 4.74 Å². The average Bonchev–Trinajstić information content (AvgIpc) is 2.93. The smallest absolute Gasteiger partial charge is 0.407 e. The molecule has 0 bridgehead atoms. The number of aliphatic hydroxyl groups excluding tert-OH is 1. The number of benzene rings is 2. The Morgan fingerprint density at radius 1 is 1.08 bits per heavy atom. The van der Waals surface area contributed by atoms with Gasteiger partial charge in [-0.15, -0.1) is 0 Å². The molecule has 2 aromatic rings. The lowest BCUT2D eigenvalue weighted by Crippen LogP contribution is -2.39. The summed E-state index contributed by atoms with van der Waals surface area (Å²) in [6, 6.07) is 15.5. The highest BCUT2D eigenvalue weighted by Crippen LogP contribution is 2.44. The van der Waals surface area contributed by atoms with Gasteiger partial charge in [-0.1, -0.05) is 48.5 Å². The van der Waals surface area contributed by atoms with Gasteiger partial charge in [0.15, 0.2) is 0 Å². The van der Waals surface area contributed by atoms with Gasteiger partial charge < -0.3 is 15.2 Å². The largest absolute Gasteiger partial charge is 0.449 e. The van der Waals surface area contributed by atoms with Gasteiger partial charge >= 0.3 is 12.3 Å². The van der Waals surface area contributed by atoms with E-state index in [1.165, 1.54) is 0 Å². The summed E-state index contributed by atoms with van der Waals surface area (Å²) in [5.74, 6) is -2.17. The maximum Gasteiger partial charge on any atom is 0.407 e. The van der Waals surface area contributed by atoms with E-state index in [0.29, 0.717) is 0 Å². The van der Waals surface area contributed by atoms with Gasteiger partial charge in [-0.05, 0) is 22.3 Å². The SMILES string of the molecule is O=C(NCC(CO)C(F)(F)F)OCC1c2ccccc2-c2ccccc21. The zero-order chi connectivity index (χ0) is 18.7. The molecule has 1 amide bonds. The highest BCUT2D eigenvalue weighted by Gasteiger charge is 2.39. The van der Waals surface area contributed by atoms with Gasteiger partial charge in [0.1, 0.15) is 6.61 Å². The van der Waals surface area contributed by atoms with Gasteiger partial charge in [0.25, 0.3) is 0 Å². The van der Waals surface area contributed by atoms with Crippen molar-refractivity contribution >= 4 is 6.09 Å². The van der Waals surface area contributed by atoms with Crippen LogP contribution < -0.4 is 5.32 Å². The first-order chi connectivity index (χ1) is 12.4. The van der Waals surface area contributed by atoms with Crippen LogP contribution in [0.3, 0.4) is 0 Å². The molecule has 0 saturated carbocycles. The van der Waals surface area contributed by atoms with E-state index in [2.05, 4.69) is 5.32 Å². The highest BCUT2D eigenvalue weighted by atomic mass is 19.4. The van der Waals surface area contributed by atoms with E-state index >= 15 is 0 Å². The molecule has 0 spiro atoms. The topological polar surface area (TPSA) is 58.6 Å². The zero-order valence-corrected chi connectivity index (χ0v) is 13.8. The van der Waals surface area contributed by atoms with E-state index in [-0.39, 0.29) is 12.5 Å². The molecule has 0 aromatic heterocycles. The average molecular weight is 365 g/mol. The fourth-order valence-corrected chi connectivity index (χ4v) is 3.14. The Labute approximate surface area is 148 Å². The molecule has 4 nitrogen and oxygen atoms in total. The molecule has 3 rings (SSSR count). The van der Waals surface area contributed by atoms with Gasteiger partial charge in [0.05, 0.1) is 12.5 Å². The maximum atomic E-state index is 12.6. The van der Waals surface area contributed by atoms with Crippen LogP contribution in [0.15, 0.2) is 48.5 Å². The van der Waals surface area contributed by atoms with E-state index in [1.54, 1.807) is 0 Å². The molecule has 0 radical (unpaired) electrons. The van der Waals surface area contributed by atoms with Crippen LogP contribution in [0.5, 0.6) is 0 Å².